The van der Waals surface area contributed by atoms with Crippen molar-refractivity contribution in [1.29, 1.82) is 0 Å². The van der Waals surface area contributed by atoms with E-state index in [1.165, 1.54) is 11.3 Å². The molecule has 0 unspecified atom stereocenters. The summed E-state index contributed by atoms with van der Waals surface area (Å²) in [6, 6.07) is 8.73. The molecule has 0 bridgehead atoms. The highest BCUT2D eigenvalue weighted by molar-refractivity contribution is 6.74. The molecule has 0 aromatic heterocycles. The van der Waals surface area contributed by atoms with Crippen LogP contribution in [0.3, 0.4) is 0 Å². The Morgan fingerprint density at radius 2 is 1.88 bits per heavy atom. The molecular formula is C19H34N2O2Si. The molecule has 1 aromatic rings. The van der Waals surface area contributed by atoms with Gasteiger partial charge in [-0.1, -0.05) is 32.9 Å². The number of hydrogen-bond acceptors (Lipinski definition) is 4. The van der Waals surface area contributed by atoms with Crippen molar-refractivity contribution in [2.75, 3.05) is 44.8 Å². The third-order valence-electron chi connectivity index (χ3n) is 5.41. The van der Waals surface area contributed by atoms with Crippen LogP contribution in [0, 0.1) is 0 Å². The Bertz CT molecular complexity index is 522. The number of nitrogens with zero attached hydrogens (tertiary/aromatic N) is 1. The zero-order chi connectivity index (χ0) is 17.8. The summed E-state index contributed by atoms with van der Waals surface area (Å²) in [6.45, 7) is 16.2. The average Bonchev–Trinajstić information content (AvgIpc) is 2.55. The van der Waals surface area contributed by atoms with Gasteiger partial charge in [0.15, 0.2) is 8.32 Å². The van der Waals surface area contributed by atoms with Crippen LogP contribution in [0.4, 0.5) is 5.69 Å². The molecule has 0 spiro atoms. The minimum Gasteiger partial charge on any atom is -0.414 e. The summed E-state index contributed by atoms with van der Waals surface area (Å²) in [5.41, 5.74) is 2.48. The first-order valence-corrected chi connectivity index (χ1v) is 11.9. The van der Waals surface area contributed by atoms with Crippen molar-refractivity contribution >= 4 is 14.0 Å². The largest absolute Gasteiger partial charge is 0.414 e. The van der Waals surface area contributed by atoms with Gasteiger partial charge in [-0.3, -0.25) is 0 Å². The van der Waals surface area contributed by atoms with Gasteiger partial charge in [0.05, 0.1) is 6.61 Å². The van der Waals surface area contributed by atoms with Crippen molar-refractivity contribution in [2.24, 2.45) is 0 Å². The van der Waals surface area contributed by atoms with Gasteiger partial charge in [0.25, 0.3) is 0 Å². The standard InChI is InChI=1S/C19H34N2O2Si/c1-19(2,3)24(5,6)23-15-18(22-4)16-8-7-9-17(14-16)21-12-10-20-11-13-21/h7-9,14,18,20H,10-13,15H2,1-6H3/t18-/m0/s1. The topological polar surface area (TPSA) is 33.7 Å². The van der Waals surface area contributed by atoms with Crippen LogP contribution < -0.4 is 10.2 Å². The molecule has 0 saturated carbocycles. The molecule has 1 fully saturated rings. The van der Waals surface area contributed by atoms with Crippen LogP contribution >= 0.6 is 0 Å². The van der Waals surface area contributed by atoms with Crippen LogP contribution in [0.25, 0.3) is 0 Å². The fourth-order valence-corrected chi connectivity index (χ4v) is 3.65. The number of hydrogen-bond donors (Lipinski definition) is 1. The summed E-state index contributed by atoms with van der Waals surface area (Å²) in [5.74, 6) is 0. The fourth-order valence-electron chi connectivity index (χ4n) is 2.65. The van der Waals surface area contributed by atoms with E-state index in [-0.39, 0.29) is 11.1 Å². The Morgan fingerprint density at radius 3 is 2.46 bits per heavy atom. The number of anilines is 1. The predicted molar refractivity (Wildman–Crippen MR) is 104 cm³/mol. The van der Waals surface area contributed by atoms with Crippen molar-refractivity contribution in [3.05, 3.63) is 29.8 Å². The summed E-state index contributed by atoms with van der Waals surface area (Å²) >= 11 is 0. The maximum absolute atomic E-state index is 6.38. The Hall–Kier alpha value is -0.883. The molecule has 2 rings (SSSR count). The van der Waals surface area contributed by atoms with Crippen LogP contribution in [0.2, 0.25) is 18.1 Å². The van der Waals surface area contributed by atoms with Gasteiger partial charge in [0.1, 0.15) is 6.10 Å². The first kappa shape index (κ1) is 19.4. The lowest BCUT2D eigenvalue weighted by atomic mass is 10.1. The molecule has 1 aliphatic rings. The lowest BCUT2D eigenvalue weighted by Crippen LogP contribution is -2.43. The van der Waals surface area contributed by atoms with E-state index >= 15 is 0 Å². The molecule has 4 nitrogen and oxygen atoms in total. The summed E-state index contributed by atoms with van der Waals surface area (Å²) in [4.78, 5) is 2.43. The number of rotatable bonds is 6. The second-order valence-electron chi connectivity index (χ2n) is 8.13. The van der Waals surface area contributed by atoms with E-state index in [2.05, 4.69) is 68.3 Å². The van der Waals surface area contributed by atoms with E-state index in [9.17, 15) is 0 Å². The van der Waals surface area contributed by atoms with Gasteiger partial charge in [-0.05, 0) is 35.8 Å². The van der Waals surface area contributed by atoms with Crippen LogP contribution in [0.15, 0.2) is 24.3 Å². The van der Waals surface area contributed by atoms with Gasteiger partial charge < -0.3 is 19.4 Å². The lowest BCUT2D eigenvalue weighted by Gasteiger charge is -2.37. The molecular weight excluding hydrogens is 316 g/mol. The van der Waals surface area contributed by atoms with E-state index in [0.717, 1.165) is 26.2 Å². The zero-order valence-electron chi connectivity index (χ0n) is 16.2. The Balaban J connectivity index is 2.07. The van der Waals surface area contributed by atoms with Crippen molar-refractivity contribution in [3.63, 3.8) is 0 Å². The smallest absolute Gasteiger partial charge is 0.192 e. The molecule has 5 heteroatoms. The molecule has 1 N–H and O–H groups in total. The molecule has 1 heterocycles. The molecule has 1 aromatic carbocycles. The van der Waals surface area contributed by atoms with Crippen molar-refractivity contribution in [1.82, 2.24) is 5.32 Å². The zero-order valence-corrected chi connectivity index (χ0v) is 17.2. The molecule has 136 valence electrons. The van der Waals surface area contributed by atoms with E-state index in [4.69, 9.17) is 9.16 Å². The minimum absolute atomic E-state index is 0.0120. The van der Waals surface area contributed by atoms with Gasteiger partial charge in [0.2, 0.25) is 0 Å². The number of ether oxygens (including phenoxy) is 1. The molecule has 1 atom stereocenters. The lowest BCUT2D eigenvalue weighted by molar-refractivity contribution is 0.0525. The quantitative estimate of drug-likeness (QED) is 0.791. The Labute approximate surface area is 148 Å². The van der Waals surface area contributed by atoms with Gasteiger partial charge in [-0.15, -0.1) is 0 Å². The van der Waals surface area contributed by atoms with Crippen LogP contribution in [-0.4, -0.2) is 48.2 Å². The molecule has 0 radical (unpaired) electrons. The fraction of sp³-hybridized carbons (Fsp3) is 0.684. The Morgan fingerprint density at radius 1 is 1.21 bits per heavy atom. The minimum atomic E-state index is -1.76. The maximum Gasteiger partial charge on any atom is 0.192 e. The van der Waals surface area contributed by atoms with Gasteiger partial charge in [-0.2, -0.15) is 0 Å². The Kier molecular flexibility index (Phi) is 6.48. The van der Waals surface area contributed by atoms with Crippen molar-refractivity contribution in [3.8, 4) is 0 Å². The second kappa shape index (κ2) is 8.00. The van der Waals surface area contributed by atoms with E-state index in [1.54, 1.807) is 7.11 Å². The third kappa shape index (κ3) is 4.82. The normalized spacial score (nSPS) is 17.8. The molecule has 1 aliphatic heterocycles. The van der Waals surface area contributed by atoms with Crippen LogP contribution in [0.1, 0.15) is 32.4 Å². The first-order chi connectivity index (χ1) is 11.2. The molecule has 0 aliphatic carbocycles. The highest BCUT2D eigenvalue weighted by Crippen LogP contribution is 2.37. The first-order valence-electron chi connectivity index (χ1n) is 8.97. The second-order valence-corrected chi connectivity index (χ2v) is 12.9. The molecule has 1 saturated heterocycles. The summed E-state index contributed by atoms with van der Waals surface area (Å²) in [6.07, 6.45) is -0.0120. The summed E-state index contributed by atoms with van der Waals surface area (Å²) < 4.78 is 12.1. The average molecular weight is 351 g/mol. The maximum atomic E-state index is 6.38. The molecule has 0 amide bonds. The van der Waals surface area contributed by atoms with Crippen LogP contribution in [0.5, 0.6) is 0 Å². The number of nitrogens with one attached hydrogen (secondary N) is 1. The van der Waals surface area contributed by atoms with E-state index < -0.39 is 8.32 Å². The summed E-state index contributed by atoms with van der Waals surface area (Å²) in [5, 5.41) is 3.62. The number of piperazine rings is 1. The summed E-state index contributed by atoms with van der Waals surface area (Å²) in [7, 11) is 0.0136. The number of benzene rings is 1. The number of methoxy groups -OCH3 is 1. The predicted octanol–water partition coefficient (Wildman–Crippen LogP) is 3.81. The highest BCUT2D eigenvalue weighted by Gasteiger charge is 2.37. The van der Waals surface area contributed by atoms with Crippen molar-refractivity contribution in [2.45, 2.75) is 45.0 Å². The third-order valence-corrected chi connectivity index (χ3v) is 9.91. The molecule has 24 heavy (non-hydrogen) atoms. The monoisotopic (exact) mass is 350 g/mol. The van der Waals surface area contributed by atoms with E-state index in [0.29, 0.717) is 6.61 Å². The van der Waals surface area contributed by atoms with Gasteiger partial charge in [0, 0.05) is 39.0 Å². The van der Waals surface area contributed by atoms with Crippen molar-refractivity contribution < 1.29 is 9.16 Å². The van der Waals surface area contributed by atoms with E-state index in [1.807, 2.05) is 0 Å². The van der Waals surface area contributed by atoms with Gasteiger partial charge in [-0.25, -0.2) is 0 Å². The highest BCUT2D eigenvalue weighted by atomic mass is 28.4. The van der Waals surface area contributed by atoms with Crippen LogP contribution in [-0.2, 0) is 9.16 Å². The SMILES string of the molecule is CO[C@@H](CO[Si](C)(C)C(C)(C)C)c1cccc(N2CCNCC2)c1. The van der Waals surface area contributed by atoms with Gasteiger partial charge >= 0.3 is 0 Å².